The van der Waals surface area contributed by atoms with Crippen molar-refractivity contribution in [3.63, 3.8) is 0 Å². The molecule has 0 aliphatic rings. The van der Waals surface area contributed by atoms with E-state index in [9.17, 15) is 10.1 Å². The summed E-state index contributed by atoms with van der Waals surface area (Å²) >= 11 is 0. The largest absolute Gasteiger partial charge is 0.484 e. The molecule has 0 saturated heterocycles. The fraction of sp³-hybridized carbons (Fsp3) is 0.571. The number of ether oxygens (including phenoxy) is 1. The maximum absolute atomic E-state index is 11.3. The van der Waals surface area contributed by atoms with Crippen LogP contribution in [0.5, 0.6) is 5.75 Å². The summed E-state index contributed by atoms with van der Waals surface area (Å²) in [5, 5.41) is 14.5. The van der Waals surface area contributed by atoms with Crippen LogP contribution < -0.4 is 10.1 Å². The van der Waals surface area contributed by atoms with E-state index < -0.39 is 0 Å². The Kier molecular flexibility index (Phi) is 5.60. The predicted molar refractivity (Wildman–Crippen MR) is 76.9 cm³/mol. The van der Waals surface area contributed by atoms with Crippen LogP contribution in [0.15, 0.2) is 18.2 Å². The first-order valence-corrected chi connectivity index (χ1v) is 6.70. The smallest absolute Gasteiger partial charge is 0.333 e. The van der Waals surface area contributed by atoms with E-state index in [0.29, 0.717) is 11.4 Å². The van der Waals surface area contributed by atoms with Crippen molar-refractivity contribution in [3.05, 3.63) is 28.3 Å². The Labute approximate surface area is 114 Å². The van der Waals surface area contributed by atoms with E-state index in [4.69, 9.17) is 4.74 Å². The molecule has 0 fully saturated rings. The Hall–Kier alpha value is -1.78. The van der Waals surface area contributed by atoms with Gasteiger partial charge >= 0.3 is 5.69 Å². The number of anilines is 1. The normalized spacial score (nSPS) is 10.8. The number of rotatable bonds is 7. The lowest BCUT2D eigenvalue weighted by Gasteiger charge is -2.18. The molecule has 1 rings (SSSR count). The SMILES string of the molecule is CCC(CC)Nc1cccc(OC(C)C)c1[N+](=O)[O-]. The minimum atomic E-state index is -0.386. The Morgan fingerprint density at radius 1 is 1.32 bits per heavy atom. The summed E-state index contributed by atoms with van der Waals surface area (Å²) in [6, 6.07) is 5.36. The van der Waals surface area contributed by atoms with Gasteiger partial charge in [0.15, 0.2) is 5.75 Å². The lowest BCUT2D eigenvalue weighted by molar-refractivity contribution is -0.385. The number of hydrogen-bond donors (Lipinski definition) is 1. The second-order valence-electron chi connectivity index (χ2n) is 4.73. The number of nitro groups is 1. The Morgan fingerprint density at radius 2 is 1.95 bits per heavy atom. The molecule has 5 nitrogen and oxygen atoms in total. The molecule has 0 aliphatic carbocycles. The van der Waals surface area contributed by atoms with Gasteiger partial charge in [0.25, 0.3) is 0 Å². The molecular formula is C14H22N2O3. The maximum atomic E-state index is 11.3. The van der Waals surface area contributed by atoms with Gasteiger partial charge in [-0.05, 0) is 38.8 Å². The van der Waals surface area contributed by atoms with Crippen LogP contribution in [0.1, 0.15) is 40.5 Å². The van der Waals surface area contributed by atoms with E-state index in [1.54, 1.807) is 18.2 Å². The highest BCUT2D eigenvalue weighted by Gasteiger charge is 2.22. The van der Waals surface area contributed by atoms with Crippen LogP contribution in [0.3, 0.4) is 0 Å². The predicted octanol–water partition coefficient (Wildman–Crippen LogP) is 3.98. The molecular weight excluding hydrogens is 244 g/mol. The van der Waals surface area contributed by atoms with Gasteiger partial charge in [-0.3, -0.25) is 10.1 Å². The van der Waals surface area contributed by atoms with Crippen LogP contribution in [0, 0.1) is 10.1 Å². The number of nitrogens with zero attached hydrogens (tertiary/aromatic N) is 1. The van der Waals surface area contributed by atoms with Gasteiger partial charge in [-0.2, -0.15) is 0 Å². The molecule has 1 N–H and O–H groups in total. The molecule has 1 aromatic rings. The van der Waals surface area contributed by atoms with Crippen molar-refractivity contribution in [2.75, 3.05) is 5.32 Å². The summed E-state index contributed by atoms with van der Waals surface area (Å²) in [5.41, 5.74) is 0.542. The topological polar surface area (TPSA) is 64.4 Å². The second-order valence-corrected chi connectivity index (χ2v) is 4.73. The van der Waals surface area contributed by atoms with Gasteiger partial charge in [0.1, 0.15) is 5.69 Å². The third kappa shape index (κ3) is 4.12. The van der Waals surface area contributed by atoms with E-state index in [1.165, 1.54) is 0 Å². The van der Waals surface area contributed by atoms with Gasteiger partial charge in [-0.25, -0.2) is 0 Å². The number of nitro benzene ring substituents is 1. The molecule has 0 aromatic heterocycles. The average molecular weight is 266 g/mol. The fourth-order valence-electron chi connectivity index (χ4n) is 1.89. The monoisotopic (exact) mass is 266 g/mol. The van der Waals surface area contributed by atoms with E-state index in [-0.39, 0.29) is 22.8 Å². The molecule has 0 amide bonds. The van der Waals surface area contributed by atoms with E-state index in [2.05, 4.69) is 19.2 Å². The Morgan fingerprint density at radius 3 is 2.42 bits per heavy atom. The first-order valence-electron chi connectivity index (χ1n) is 6.70. The minimum Gasteiger partial charge on any atom is -0.484 e. The van der Waals surface area contributed by atoms with Gasteiger partial charge in [0.05, 0.1) is 11.0 Å². The molecule has 0 aliphatic heterocycles. The van der Waals surface area contributed by atoms with Crippen LogP contribution in [-0.4, -0.2) is 17.1 Å². The van der Waals surface area contributed by atoms with Crippen LogP contribution in [0.25, 0.3) is 0 Å². The zero-order valence-electron chi connectivity index (χ0n) is 12.0. The molecule has 0 saturated carbocycles. The van der Waals surface area contributed by atoms with Gasteiger partial charge in [-0.1, -0.05) is 19.9 Å². The minimum absolute atomic E-state index is 0.0168. The Bertz CT molecular complexity index is 429. The van der Waals surface area contributed by atoms with E-state index in [1.807, 2.05) is 13.8 Å². The van der Waals surface area contributed by atoms with Gasteiger partial charge in [-0.15, -0.1) is 0 Å². The van der Waals surface area contributed by atoms with Crippen LogP contribution in [-0.2, 0) is 0 Å². The summed E-state index contributed by atoms with van der Waals surface area (Å²) < 4.78 is 5.51. The summed E-state index contributed by atoms with van der Waals surface area (Å²) in [6.45, 7) is 7.82. The molecule has 19 heavy (non-hydrogen) atoms. The number of benzene rings is 1. The van der Waals surface area contributed by atoms with Crippen LogP contribution >= 0.6 is 0 Å². The third-order valence-electron chi connectivity index (χ3n) is 2.89. The molecule has 1 aromatic carbocycles. The number of nitrogens with one attached hydrogen (secondary N) is 1. The highest BCUT2D eigenvalue weighted by Crippen LogP contribution is 2.36. The molecule has 0 unspecified atom stereocenters. The highest BCUT2D eigenvalue weighted by molar-refractivity contribution is 5.68. The van der Waals surface area contributed by atoms with E-state index in [0.717, 1.165) is 12.8 Å². The van der Waals surface area contributed by atoms with Crippen LogP contribution in [0.4, 0.5) is 11.4 Å². The molecule has 0 heterocycles. The summed E-state index contributed by atoms with van der Waals surface area (Å²) in [6.07, 6.45) is 1.74. The summed E-state index contributed by atoms with van der Waals surface area (Å²) in [7, 11) is 0. The van der Waals surface area contributed by atoms with Crippen molar-refractivity contribution >= 4 is 11.4 Å². The molecule has 0 bridgehead atoms. The molecule has 5 heteroatoms. The highest BCUT2D eigenvalue weighted by atomic mass is 16.6. The van der Waals surface area contributed by atoms with Crippen molar-refractivity contribution in [2.45, 2.75) is 52.7 Å². The molecule has 0 radical (unpaired) electrons. The quantitative estimate of drug-likeness (QED) is 0.598. The van der Waals surface area contributed by atoms with Crippen molar-refractivity contribution in [1.82, 2.24) is 0 Å². The lowest BCUT2D eigenvalue weighted by atomic mass is 10.1. The fourth-order valence-corrected chi connectivity index (χ4v) is 1.89. The average Bonchev–Trinajstić information content (AvgIpc) is 2.34. The van der Waals surface area contributed by atoms with Crippen molar-refractivity contribution in [2.24, 2.45) is 0 Å². The lowest BCUT2D eigenvalue weighted by Crippen LogP contribution is -2.18. The first kappa shape index (κ1) is 15.3. The van der Waals surface area contributed by atoms with Gasteiger partial charge in [0.2, 0.25) is 0 Å². The van der Waals surface area contributed by atoms with Crippen molar-refractivity contribution in [3.8, 4) is 5.75 Å². The maximum Gasteiger partial charge on any atom is 0.333 e. The van der Waals surface area contributed by atoms with Crippen LogP contribution in [0.2, 0.25) is 0 Å². The zero-order valence-corrected chi connectivity index (χ0v) is 12.0. The first-order chi connectivity index (χ1) is 8.99. The standard InChI is InChI=1S/C14H22N2O3/c1-5-11(6-2)15-12-8-7-9-13(19-10(3)4)14(12)16(17)18/h7-11,15H,5-6H2,1-4H3. The second kappa shape index (κ2) is 6.97. The summed E-state index contributed by atoms with van der Waals surface area (Å²) in [4.78, 5) is 10.9. The third-order valence-corrected chi connectivity index (χ3v) is 2.89. The molecule has 0 spiro atoms. The molecule has 0 atom stereocenters. The van der Waals surface area contributed by atoms with Gasteiger partial charge in [0, 0.05) is 6.04 Å². The summed E-state index contributed by atoms with van der Waals surface area (Å²) in [5.74, 6) is 0.316. The van der Waals surface area contributed by atoms with Gasteiger partial charge < -0.3 is 10.1 Å². The number of hydrogen-bond acceptors (Lipinski definition) is 4. The number of para-hydroxylation sites is 1. The van der Waals surface area contributed by atoms with E-state index >= 15 is 0 Å². The van der Waals surface area contributed by atoms with Crippen molar-refractivity contribution in [1.29, 1.82) is 0 Å². The zero-order chi connectivity index (χ0) is 14.4. The molecule has 106 valence electrons. The van der Waals surface area contributed by atoms with Crippen molar-refractivity contribution < 1.29 is 9.66 Å². The Balaban J connectivity index is 3.12.